The van der Waals surface area contributed by atoms with E-state index in [1.165, 1.54) is 4.68 Å². The number of carbonyl (C=O) groups is 1. The van der Waals surface area contributed by atoms with Gasteiger partial charge in [-0.2, -0.15) is 10.2 Å². The molecule has 3 aromatic carbocycles. The van der Waals surface area contributed by atoms with Crippen LogP contribution in [-0.4, -0.2) is 21.9 Å². The number of carbonyl (C=O) groups excluding carboxylic acids is 1. The number of hydrogen-bond donors (Lipinski definition) is 1. The predicted octanol–water partition coefficient (Wildman–Crippen LogP) is 3.21. The van der Waals surface area contributed by atoms with Crippen molar-refractivity contribution in [3.05, 3.63) is 101 Å². The van der Waals surface area contributed by atoms with E-state index in [0.717, 1.165) is 16.5 Å². The first-order valence-electron chi connectivity index (χ1n) is 9.14. The second kappa shape index (κ2) is 8.31. The fourth-order valence-corrected chi connectivity index (χ4v) is 3.04. The minimum atomic E-state index is -0.430. The highest BCUT2D eigenvalue weighted by molar-refractivity contribution is 5.93. The Morgan fingerprint density at radius 3 is 2.24 bits per heavy atom. The maximum absolute atomic E-state index is 12.8. The third kappa shape index (κ3) is 4.11. The van der Waals surface area contributed by atoms with Crippen LogP contribution >= 0.6 is 0 Å². The van der Waals surface area contributed by atoms with E-state index in [1.54, 1.807) is 18.3 Å². The molecule has 1 amide bonds. The molecule has 0 spiro atoms. The van der Waals surface area contributed by atoms with Crippen molar-refractivity contribution < 1.29 is 4.79 Å². The number of nitrogens with one attached hydrogen (secondary N) is 1. The molecule has 1 N–H and O–H groups in total. The van der Waals surface area contributed by atoms with Crippen LogP contribution in [0.3, 0.4) is 0 Å². The van der Waals surface area contributed by atoms with Gasteiger partial charge in [0.15, 0.2) is 0 Å². The van der Waals surface area contributed by atoms with Gasteiger partial charge >= 0.3 is 0 Å². The Balaban J connectivity index is 1.64. The van der Waals surface area contributed by atoms with E-state index in [9.17, 15) is 9.59 Å². The SMILES string of the molecule is O=C(Cn1nc(-c2ccccc2)c2ccccc2c1=O)N/N=C/c1ccccc1. The number of hydrogen-bond acceptors (Lipinski definition) is 4. The molecule has 0 fully saturated rings. The zero-order valence-electron chi connectivity index (χ0n) is 15.5. The second-order valence-electron chi connectivity index (χ2n) is 6.43. The van der Waals surface area contributed by atoms with E-state index in [2.05, 4.69) is 15.6 Å². The molecule has 4 aromatic rings. The van der Waals surface area contributed by atoms with E-state index in [-0.39, 0.29) is 12.1 Å². The summed E-state index contributed by atoms with van der Waals surface area (Å²) >= 11 is 0. The summed E-state index contributed by atoms with van der Waals surface area (Å²) in [6, 6.07) is 26.3. The smallest absolute Gasteiger partial charge is 0.271 e. The number of rotatable bonds is 5. The maximum atomic E-state index is 12.8. The van der Waals surface area contributed by atoms with Crippen LogP contribution in [0.15, 0.2) is 94.8 Å². The summed E-state index contributed by atoms with van der Waals surface area (Å²) in [5, 5.41) is 9.68. The molecule has 0 aliphatic heterocycles. The number of amides is 1. The van der Waals surface area contributed by atoms with Gasteiger partial charge in [0.05, 0.1) is 17.3 Å². The number of fused-ring (bicyclic) bond motifs is 1. The molecule has 1 heterocycles. The van der Waals surface area contributed by atoms with Crippen molar-refractivity contribution in [1.82, 2.24) is 15.2 Å². The first-order valence-corrected chi connectivity index (χ1v) is 9.14. The van der Waals surface area contributed by atoms with Crippen molar-refractivity contribution in [3.63, 3.8) is 0 Å². The van der Waals surface area contributed by atoms with Gasteiger partial charge in [-0.25, -0.2) is 10.1 Å². The minimum Gasteiger partial charge on any atom is -0.271 e. The highest BCUT2D eigenvalue weighted by Crippen LogP contribution is 2.24. The molecule has 6 heteroatoms. The van der Waals surface area contributed by atoms with Crippen LogP contribution in [0.1, 0.15) is 5.56 Å². The summed E-state index contributed by atoms with van der Waals surface area (Å²) in [7, 11) is 0. The molecule has 1 aromatic heterocycles. The van der Waals surface area contributed by atoms with E-state index in [1.807, 2.05) is 72.8 Å². The summed E-state index contributed by atoms with van der Waals surface area (Å²) in [6.45, 7) is -0.227. The first kappa shape index (κ1) is 18.3. The lowest BCUT2D eigenvalue weighted by Crippen LogP contribution is -2.32. The minimum absolute atomic E-state index is 0.227. The average molecular weight is 382 g/mol. The van der Waals surface area contributed by atoms with Gasteiger partial charge in [-0.3, -0.25) is 9.59 Å². The van der Waals surface area contributed by atoms with Gasteiger partial charge in [0.2, 0.25) is 0 Å². The van der Waals surface area contributed by atoms with Gasteiger partial charge in [0, 0.05) is 10.9 Å². The van der Waals surface area contributed by atoms with Gasteiger partial charge in [-0.05, 0) is 11.6 Å². The van der Waals surface area contributed by atoms with Crippen LogP contribution in [0, 0.1) is 0 Å². The van der Waals surface area contributed by atoms with E-state index < -0.39 is 5.91 Å². The highest BCUT2D eigenvalue weighted by Gasteiger charge is 2.13. The molecule has 29 heavy (non-hydrogen) atoms. The van der Waals surface area contributed by atoms with Gasteiger partial charge in [0.1, 0.15) is 6.54 Å². The summed E-state index contributed by atoms with van der Waals surface area (Å²) < 4.78 is 1.18. The van der Waals surface area contributed by atoms with Crippen molar-refractivity contribution in [2.45, 2.75) is 6.54 Å². The van der Waals surface area contributed by atoms with Crippen molar-refractivity contribution >= 4 is 22.9 Å². The summed E-state index contributed by atoms with van der Waals surface area (Å²) in [4.78, 5) is 25.1. The molecule has 6 nitrogen and oxygen atoms in total. The van der Waals surface area contributed by atoms with Gasteiger partial charge in [0.25, 0.3) is 11.5 Å². The number of nitrogens with zero attached hydrogens (tertiary/aromatic N) is 3. The van der Waals surface area contributed by atoms with Gasteiger partial charge in [-0.1, -0.05) is 78.9 Å². The molecule has 0 radical (unpaired) electrons. The van der Waals surface area contributed by atoms with Crippen molar-refractivity contribution in [2.75, 3.05) is 0 Å². The molecule has 0 aliphatic rings. The monoisotopic (exact) mass is 382 g/mol. The molecular weight excluding hydrogens is 364 g/mol. The zero-order valence-corrected chi connectivity index (χ0v) is 15.5. The largest absolute Gasteiger partial charge is 0.275 e. The van der Waals surface area contributed by atoms with Crippen molar-refractivity contribution in [1.29, 1.82) is 0 Å². The van der Waals surface area contributed by atoms with E-state index in [0.29, 0.717) is 11.1 Å². The highest BCUT2D eigenvalue weighted by atomic mass is 16.2. The van der Waals surface area contributed by atoms with Crippen LogP contribution < -0.4 is 11.0 Å². The number of hydrazone groups is 1. The summed E-state index contributed by atoms with van der Waals surface area (Å²) in [6.07, 6.45) is 1.55. The Morgan fingerprint density at radius 2 is 1.52 bits per heavy atom. The second-order valence-corrected chi connectivity index (χ2v) is 6.43. The lowest BCUT2D eigenvalue weighted by Gasteiger charge is -2.10. The van der Waals surface area contributed by atoms with E-state index >= 15 is 0 Å². The van der Waals surface area contributed by atoms with Crippen LogP contribution in [0.25, 0.3) is 22.0 Å². The van der Waals surface area contributed by atoms with Crippen molar-refractivity contribution in [3.8, 4) is 11.3 Å². The Morgan fingerprint density at radius 1 is 0.897 bits per heavy atom. The molecule has 142 valence electrons. The molecule has 4 rings (SSSR count). The molecular formula is C23H18N4O2. The zero-order chi connectivity index (χ0) is 20.1. The van der Waals surface area contributed by atoms with Gasteiger partial charge < -0.3 is 0 Å². The standard InChI is InChI=1S/C23H18N4O2/c28-21(25-24-15-17-9-3-1-4-10-17)16-27-23(29)20-14-8-7-13-19(20)22(26-27)18-11-5-2-6-12-18/h1-15H,16H2,(H,25,28)/b24-15+. The van der Waals surface area contributed by atoms with Crippen LogP contribution in [0.2, 0.25) is 0 Å². The third-order valence-corrected chi connectivity index (χ3v) is 4.41. The Hall–Kier alpha value is -4.06. The van der Waals surface area contributed by atoms with E-state index in [4.69, 9.17) is 0 Å². The Labute approximate surface area is 167 Å². The average Bonchev–Trinajstić information content (AvgIpc) is 2.77. The number of benzene rings is 3. The Kier molecular flexibility index (Phi) is 5.25. The molecule has 0 atom stereocenters. The van der Waals surface area contributed by atoms with Crippen LogP contribution in [0.5, 0.6) is 0 Å². The van der Waals surface area contributed by atoms with Crippen LogP contribution in [0.4, 0.5) is 0 Å². The molecule has 0 saturated carbocycles. The predicted molar refractivity (Wildman–Crippen MR) is 114 cm³/mol. The fraction of sp³-hybridized carbons (Fsp3) is 0.0435. The normalized spacial score (nSPS) is 11.0. The summed E-state index contributed by atoms with van der Waals surface area (Å²) in [5.41, 5.74) is 4.52. The third-order valence-electron chi connectivity index (χ3n) is 4.41. The molecule has 0 aliphatic carbocycles. The Bertz CT molecular complexity index is 1230. The molecule has 0 saturated heterocycles. The fourth-order valence-electron chi connectivity index (χ4n) is 3.04. The lowest BCUT2D eigenvalue weighted by atomic mass is 10.1. The summed E-state index contributed by atoms with van der Waals surface area (Å²) in [5.74, 6) is -0.430. The lowest BCUT2D eigenvalue weighted by molar-refractivity contribution is -0.121. The van der Waals surface area contributed by atoms with Crippen molar-refractivity contribution in [2.24, 2.45) is 5.10 Å². The molecule has 0 unspecified atom stereocenters. The first-order chi connectivity index (χ1) is 14.2. The molecule has 0 bridgehead atoms. The number of aromatic nitrogens is 2. The maximum Gasteiger partial charge on any atom is 0.275 e. The quantitative estimate of drug-likeness (QED) is 0.425. The van der Waals surface area contributed by atoms with Crippen LogP contribution in [-0.2, 0) is 11.3 Å². The topological polar surface area (TPSA) is 76.3 Å². The van der Waals surface area contributed by atoms with Gasteiger partial charge in [-0.15, -0.1) is 0 Å².